The van der Waals surface area contributed by atoms with Crippen molar-refractivity contribution in [2.75, 3.05) is 17.7 Å². The molecule has 0 spiro atoms. The zero-order chi connectivity index (χ0) is 18.5. The molecule has 26 heavy (non-hydrogen) atoms. The summed E-state index contributed by atoms with van der Waals surface area (Å²) in [6.45, 7) is 1.93. The highest BCUT2D eigenvalue weighted by atomic mass is 32.2. The quantitative estimate of drug-likeness (QED) is 0.705. The molecule has 2 aromatic rings. The van der Waals surface area contributed by atoms with Crippen LogP contribution in [0.2, 0.25) is 0 Å². The van der Waals surface area contributed by atoms with Gasteiger partial charge in [0.15, 0.2) is 5.78 Å². The third kappa shape index (κ3) is 4.37. The Morgan fingerprint density at radius 2 is 1.96 bits per heavy atom. The summed E-state index contributed by atoms with van der Waals surface area (Å²) in [6, 6.07) is 9.25. The SMILES string of the molecule is CC(CO)SCC(=O)Nc1sc2c(c1C(=O)c1ccccc1)CCCC2. The molecule has 1 aliphatic carbocycles. The number of benzene rings is 1. The van der Waals surface area contributed by atoms with E-state index in [0.717, 1.165) is 31.2 Å². The van der Waals surface area contributed by atoms with Gasteiger partial charge in [-0.1, -0.05) is 37.3 Å². The van der Waals surface area contributed by atoms with E-state index >= 15 is 0 Å². The molecule has 1 aromatic carbocycles. The van der Waals surface area contributed by atoms with E-state index in [4.69, 9.17) is 5.11 Å². The molecule has 0 saturated carbocycles. The third-order valence-corrected chi connectivity index (χ3v) is 6.80. The molecule has 0 fully saturated rings. The van der Waals surface area contributed by atoms with Crippen LogP contribution in [0.25, 0.3) is 0 Å². The molecule has 1 heterocycles. The summed E-state index contributed by atoms with van der Waals surface area (Å²) in [4.78, 5) is 26.7. The van der Waals surface area contributed by atoms with E-state index in [1.54, 1.807) is 11.3 Å². The number of fused-ring (bicyclic) bond motifs is 1. The van der Waals surface area contributed by atoms with E-state index in [1.165, 1.54) is 16.6 Å². The lowest BCUT2D eigenvalue weighted by molar-refractivity contribution is -0.113. The van der Waals surface area contributed by atoms with Gasteiger partial charge in [0.25, 0.3) is 0 Å². The summed E-state index contributed by atoms with van der Waals surface area (Å²) in [5.41, 5.74) is 2.43. The first-order valence-electron chi connectivity index (χ1n) is 8.86. The number of aryl methyl sites for hydroxylation is 1. The fourth-order valence-electron chi connectivity index (χ4n) is 3.06. The maximum Gasteiger partial charge on any atom is 0.234 e. The molecule has 1 amide bonds. The number of anilines is 1. The zero-order valence-electron chi connectivity index (χ0n) is 14.8. The molecule has 1 aliphatic rings. The summed E-state index contributed by atoms with van der Waals surface area (Å²) < 4.78 is 0. The lowest BCUT2D eigenvalue weighted by atomic mass is 9.92. The molecule has 6 heteroatoms. The highest BCUT2D eigenvalue weighted by Crippen LogP contribution is 2.39. The van der Waals surface area contributed by atoms with Crippen LogP contribution in [0.3, 0.4) is 0 Å². The minimum atomic E-state index is -0.129. The normalized spacial score (nSPS) is 14.5. The van der Waals surface area contributed by atoms with Crippen LogP contribution in [-0.4, -0.2) is 34.4 Å². The second kappa shape index (κ2) is 8.84. The van der Waals surface area contributed by atoms with E-state index in [9.17, 15) is 9.59 Å². The summed E-state index contributed by atoms with van der Waals surface area (Å²) in [5, 5.41) is 12.7. The van der Waals surface area contributed by atoms with E-state index in [1.807, 2.05) is 37.3 Å². The summed E-state index contributed by atoms with van der Waals surface area (Å²) >= 11 is 2.95. The average molecular weight is 390 g/mol. The van der Waals surface area contributed by atoms with E-state index in [-0.39, 0.29) is 29.3 Å². The monoisotopic (exact) mass is 389 g/mol. The van der Waals surface area contributed by atoms with Gasteiger partial charge in [0, 0.05) is 15.7 Å². The van der Waals surface area contributed by atoms with Gasteiger partial charge in [-0.15, -0.1) is 23.1 Å². The van der Waals surface area contributed by atoms with Crippen molar-refractivity contribution in [3.63, 3.8) is 0 Å². The number of amides is 1. The van der Waals surface area contributed by atoms with Crippen molar-refractivity contribution >= 4 is 39.8 Å². The molecule has 1 aromatic heterocycles. The first-order chi connectivity index (χ1) is 12.6. The van der Waals surface area contributed by atoms with Crippen LogP contribution in [0.4, 0.5) is 5.00 Å². The highest BCUT2D eigenvalue weighted by molar-refractivity contribution is 8.00. The van der Waals surface area contributed by atoms with E-state index < -0.39 is 0 Å². The van der Waals surface area contributed by atoms with Crippen molar-refractivity contribution < 1.29 is 14.7 Å². The van der Waals surface area contributed by atoms with Crippen LogP contribution in [0.15, 0.2) is 30.3 Å². The first-order valence-corrected chi connectivity index (χ1v) is 10.7. The minimum absolute atomic E-state index is 0.0164. The Morgan fingerprint density at radius 3 is 2.69 bits per heavy atom. The van der Waals surface area contributed by atoms with Crippen molar-refractivity contribution in [2.24, 2.45) is 0 Å². The fourth-order valence-corrected chi connectivity index (χ4v) is 4.98. The van der Waals surface area contributed by atoms with Crippen LogP contribution in [0.5, 0.6) is 0 Å². The first kappa shape index (κ1) is 19.1. The molecule has 4 nitrogen and oxygen atoms in total. The molecular weight excluding hydrogens is 366 g/mol. The number of hydrogen-bond donors (Lipinski definition) is 2. The number of thioether (sulfide) groups is 1. The fraction of sp³-hybridized carbons (Fsp3) is 0.400. The van der Waals surface area contributed by atoms with E-state index in [2.05, 4.69) is 5.32 Å². The van der Waals surface area contributed by atoms with Crippen LogP contribution >= 0.6 is 23.1 Å². The molecule has 2 N–H and O–H groups in total. The predicted molar refractivity (Wildman–Crippen MR) is 108 cm³/mol. The summed E-state index contributed by atoms with van der Waals surface area (Å²) in [7, 11) is 0. The van der Waals surface area contributed by atoms with Gasteiger partial charge in [-0.3, -0.25) is 9.59 Å². The number of thiophene rings is 1. The Labute approximate surface area is 162 Å². The molecule has 0 aliphatic heterocycles. The lowest BCUT2D eigenvalue weighted by Gasteiger charge is -2.13. The van der Waals surface area contributed by atoms with Gasteiger partial charge in [-0.05, 0) is 31.2 Å². The van der Waals surface area contributed by atoms with Gasteiger partial charge in [0.1, 0.15) is 5.00 Å². The Morgan fingerprint density at radius 1 is 1.23 bits per heavy atom. The number of rotatable bonds is 7. The number of carbonyl (C=O) groups is 2. The maximum atomic E-state index is 13.1. The molecular formula is C20H23NO3S2. The third-order valence-electron chi connectivity index (χ3n) is 4.44. The topological polar surface area (TPSA) is 66.4 Å². The van der Waals surface area contributed by atoms with Crippen LogP contribution in [-0.2, 0) is 17.6 Å². The molecule has 0 saturated heterocycles. The molecule has 3 rings (SSSR count). The second-order valence-corrected chi connectivity index (χ2v) is 8.99. The molecule has 0 bridgehead atoms. The Hall–Kier alpha value is -1.63. The van der Waals surface area contributed by atoms with Crippen molar-refractivity contribution in [2.45, 2.75) is 37.9 Å². The van der Waals surface area contributed by atoms with Gasteiger partial charge in [0.2, 0.25) is 5.91 Å². The number of hydrogen-bond acceptors (Lipinski definition) is 5. The van der Waals surface area contributed by atoms with Gasteiger partial charge in [-0.2, -0.15) is 0 Å². The minimum Gasteiger partial charge on any atom is -0.395 e. The van der Waals surface area contributed by atoms with Crippen LogP contribution < -0.4 is 5.32 Å². The van der Waals surface area contributed by atoms with Gasteiger partial charge >= 0.3 is 0 Å². The van der Waals surface area contributed by atoms with Crippen molar-refractivity contribution in [3.05, 3.63) is 51.9 Å². The Balaban J connectivity index is 1.86. The van der Waals surface area contributed by atoms with Crippen LogP contribution in [0.1, 0.15) is 46.1 Å². The van der Waals surface area contributed by atoms with Crippen molar-refractivity contribution in [3.8, 4) is 0 Å². The summed E-state index contributed by atoms with van der Waals surface area (Å²) in [6.07, 6.45) is 4.08. The maximum absolute atomic E-state index is 13.1. The standard InChI is InChI=1S/C20H23NO3S2/c1-13(11-22)25-12-17(23)21-20-18(15-9-5-6-10-16(15)26-20)19(24)14-7-3-2-4-8-14/h2-4,7-8,13,22H,5-6,9-12H2,1H3,(H,21,23). The predicted octanol–water partition coefficient (Wildman–Crippen LogP) is 3.91. The Bertz CT molecular complexity index is 786. The average Bonchev–Trinajstić information content (AvgIpc) is 3.03. The molecule has 0 radical (unpaired) electrons. The largest absolute Gasteiger partial charge is 0.395 e. The number of nitrogens with one attached hydrogen (secondary N) is 1. The van der Waals surface area contributed by atoms with Gasteiger partial charge in [-0.25, -0.2) is 0 Å². The molecule has 1 unspecified atom stereocenters. The Kier molecular flexibility index (Phi) is 6.51. The van der Waals surface area contributed by atoms with Gasteiger partial charge in [0.05, 0.1) is 17.9 Å². The highest BCUT2D eigenvalue weighted by Gasteiger charge is 2.27. The van der Waals surface area contributed by atoms with Crippen LogP contribution in [0, 0.1) is 0 Å². The smallest absolute Gasteiger partial charge is 0.234 e. The number of ketones is 1. The number of aliphatic hydroxyl groups is 1. The number of aliphatic hydroxyl groups excluding tert-OH is 1. The van der Waals surface area contributed by atoms with E-state index in [0.29, 0.717) is 16.1 Å². The lowest BCUT2D eigenvalue weighted by Crippen LogP contribution is -2.18. The molecule has 1 atom stereocenters. The summed E-state index contributed by atoms with van der Waals surface area (Å²) in [5.74, 6) is 0.121. The van der Waals surface area contributed by atoms with Gasteiger partial charge < -0.3 is 10.4 Å². The zero-order valence-corrected chi connectivity index (χ0v) is 16.4. The number of carbonyl (C=O) groups excluding carboxylic acids is 2. The van der Waals surface area contributed by atoms with Crippen molar-refractivity contribution in [1.29, 1.82) is 0 Å². The van der Waals surface area contributed by atoms with Crippen molar-refractivity contribution in [1.82, 2.24) is 0 Å². The second-order valence-electron chi connectivity index (χ2n) is 6.46. The molecule has 138 valence electrons.